The van der Waals surface area contributed by atoms with Crippen LogP contribution < -0.4 is 15.6 Å². The van der Waals surface area contributed by atoms with Gasteiger partial charge in [0.15, 0.2) is 0 Å². The minimum Gasteiger partial charge on any atom is -0.352 e. The molecule has 1 heterocycles. The highest BCUT2D eigenvalue weighted by atomic mass is 35.5. The van der Waals surface area contributed by atoms with Crippen molar-refractivity contribution in [3.8, 4) is 0 Å². The molecule has 1 aliphatic rings. The van der Waals surface area contributed by atoms with Crippen molar-refractivity contribution >= 4 is 49.6 Å². The van der Waals surface area contributed by atoms with E-state index in [1.54, 1.807) is 36.9 Å². The normalized spacial score (nSPS) is 14.1. The molecule has 7 nitrogen and oxygen atoms in total. The summed E-state index contributed by atoms with van der Waals surface area (Å²) in [5.41, 5.74) is 1.51. The molecule has 0 unspecified atom stereocenters. The van der Waals surface area contributed by atoms with E-state index in [4.69, 9.17) is 11.6 Å². The third kappa shape index (κ3) is 4.24. The molecule has 0 atom stereocenters. The molecule has 0 aliphatic heterocycles. The fourth-order valence-electron chi connectivity index (χ4n) is 3.50. The van der Waals surface area contributed by atoms with Crippen LogP contribution in [0.2, 0.25) is 5.02 Å². The maximum absolute atomic E-state index is 14.6. The molecule has 4 rings (SSSR count). The van der Waals surface area contributed by atoms with E-state index in [1.165, 1.54) is 6.07 Å². The number of halogens is 2. The van der Waals surface area contributed by atoms with E-state index >= 15 is 0 Å². The second kappa shape index (κ2) is 8.12. The number of aromatic nitrogens is 2. The molecule has 164 valence electrons. The summed E-state index contributed by atoms with van der Waals surface area (Å²) < 4.78 is 42.8. The minimum atomic E-state index is -3.60. The van der Waals surface area contributed by atoms with Crippen LogP contribution >= 0.6 is 11.6 Å². The average molecular weight is 465 g/mol. The molecule has 0 amide bonds. The van der Waals surface area contributed by atoms with Crippen molar-refractivity contribution in [2.45, 2.75) is 39.2 Å². The van der Waals surface area contributed by atoms with Crippen LogP contribution in [0.25, 0.3) is 10.9 Å². The smallest absolute Gasteiger partial charge is 0.261 e. The highest BCUT2D eigenvalue weighted by Gasteiger charge is 2.26. The molecule has 31 heavy (non-hydrogen) atoms. The van der Waals surface area contributed by atoms with Crippen molar-refractivity contribution in [1.82, 2.24) is 9.55 Å². The number of nitrogens with zero attached hydrogens (tertiary/aromatic N) is 2. The monoisotopic (exact) mass is 464 g/mol. The Bertz CT molecular complexity index is 1340. The summed E-state index contributed by atoms with van der Waals surface area (Å²) in [6.45, 7) is 3.50. The van der Waals surface area contributed by atoms with E-state index in [1.807, 2.05) is 0 Å². The van der Waals surface area contributed by atoms with Crippen molar-refractivity contribution in [1.29, 1.82) is 0 Å². The largest absolute Gasteiger partial charge is 0.352 e. The maximum Gasteiger partial charge on any atom is 0.261 e. The summed E-state index contributed by atoms with van der Waals surface area (Å²) in [6.07, 6.45) is 3.90. The molecule has 1 fully saturated rings. The van der Waals surface area contributed by atoms with Gasteiger partial charge in [-0.15, -0.1) is 0 Å². The van der Waals surface area contributed by atoms with Gasteiger partial charge in [0, 0.05) is 11.7 Å². The number of hydrogen-bond acceptors (Lipinski definition) is 5. The van der Waals surface area contributed by atoms with Crippen molar-refractivity contribution in [3.63, 3.8) is 0 Å². The Balaban J connectivity index is 1.75. The molecule has 1 saturated carbocycles. The molecule has 0 saturated heterocycles. The molecular weight excluding hydrogens is 443 g/mol. The van der Waals surface area contributed by atoms with Crippen molar-refractivity contribution < 1.29 is 12.8 Å². The van der Waals surface area contributed by atoms with E-state index in [2.05, 4.69) is 15.0 Å². The van der Waals surface area contributed by atoms with Gasteiger partial charge in [-0.1, -0.05) is 18.5 Å². The Morgan fingerprint density at radius 3 is 2.61 bits per heavy atom. The molecule has 10 heteroatoms. The Morgan fingerprint density at radius 2 is 1.94 bits per heavy atom. The first-order valence-corrected chi connectivity index (χ1v) is 12.0. The predicted molar refractivity (Wildman–Crippen MR) is 121 cm³/mol. The summed E-state index contributed by atoms with van der Waals surface area (Å²) in [5.74, 6) is -0.724. The first kappa shape index (κ1) is 21.6. The van der Waals surface area contributed by atoms with Gasteiger partial charge in [0.1, 0.15) is 5.82 Å². The lowest BCUT2D eigenvalue weighted by atomic mass is 10.1. The van der Waals surface area contributed by atoms with Crippen LogP contribution in [0.15, 0.2) is 35.4 Å². The van der Waals surface area contributed by atoms with Gasteiger partial charge in [-0.05, 0) is 56.0 Å². The lowest BCUT2D eigenvalue weighted by Crippen LogP contribution is -2.20. The molecule has 0 bridgehead atoms. The molecule has 1 aromatic heterocycles. The van der Waals surface area contributed by atoms with Gasteiger partial charge in [-0.2, -0.15) is 0 Å². The Morgan fingerprint density at radius 1 is 1.23 bits per heavy atom. The van der Waals surface area contributed by atoms with Crippen LogP contribution in [-0.4, -0.2) is 23.7 Å². The van der Waals surface area contributed by atoms with Crippen molar-refractivity contribution in [2.75, 3.05) is 15.8 Å². The zero-order valence-corrected chi connectivity index (χ0v) is 18.6. The zero-order valence-electron chi connectivity index (χ0n) is 17.1. The number of anilines is 3. The number of sulfonamides is 1. The van der Waals surface area contributed by atoms with Gasteiger partial charge in [-0.25, -0.2) is 17.8 Å². The molecule has 1 aliphatic carbocycles. The molecule has 0 radical (unpaired) electrons. The highest BCUT2D eigenvalue weighted by Crippen LogP contribution is 2.37. The quantitative estimate of drug-likeness (QED) is 0.527. The van der Waals surface area contributed by atoms with Gasteiger partial charge in [0.25, 0.3) is 5.56 Å². The van der Waals surface area contributed by atoms with E-state index in [0.29, 0.717) is 28.6 Å². The fourth-order valence-corrected chi connectivity index (χ4v) is 4.95. The van der Waals surface area contributed by atoms with Crippen LogP contribution in [0.3, 0.4) is 0 Å². The second-order valence-electron chi connectivity index (χ2n) is 7.65. The highest BCUT2D eigenvalue weighted by molar-refractivity contribution is 7.92. The topological polar surface area (TPSA) is 93.1 Å². The van der Waals surface area contributed by atoms with Crippen LogP contribution in [0.5, 0.6) is 0 Å². The zero-order chi connectivity index (χ0) is 22.3. The number of nitrogens with one attached hydrogen (secondary N) is 2. The number of rotatable bonds is 7. The summed E-state index contributed by atoms with van der Waals surface area (Å²) in [7, 11) is -3.60. The summed E-state index contributed by atoms with van der Waals surface area (Å²) in [6, 6.07) is 5.97. The van der Waals surface area contributed by atoms with E-state index in [9.17, 15) is 17.6 Å². The standard InChI is InChI=1S/C21H22ClFN4O3S/c1-3-10-31(29,30)26-17-7-6-14(23)20(19(17)22)25-15-8-9-16-18(12(15)2)21(28)27(11-24-16)13-4-5-13/h6-9,11,13,25-26H,3-5,10H2,1-2H3. The lowest BCUT2D eigenvalue weighted by molar-refractivity contribution is 0.599. The van der Waals surface area contributed by atoms with E-state index in [0.717, 1.165) is 18.9 Å². The molecule has 0 spiro atoms. The molecule has 2 aromatic carbocycles. The number of fused-ring (bicyclic) bond motifs is 1. The average Bonchev–Trinajstić information content (AvgIpc) is 3.54. The van der Waals surface area contributed by atoms with E-state index < -0.39 is 15.8 Å². The number of benzene rings is 2. The predicted octanol–water partition coefficient (Wildman–Crippen LogP) is 4.73. The van der Waals surface area contributed by atoms with Gasteiger partial charge in [0.2, 0.25) is 10.0 Å². The van der Waals surface area contributed by atoms with E-state index in [-0.39, 0.29) is 33.8 Å². The third-order valence-electron chi connectivity index (χ3n) is 5.24. The van der Waals surface area contributed by atoms with Gasteiger partial charge in [0.05, 0.1) is 39.4 Å². The van der Waals surface area contributed by atoms with Crippen molar-refractivity contribution in [2.24, 2.45) is 0 Å². The Hall–Kier alpha value is -2.65. The second-order valence-corrected chi connectivity index (χ2v) is 9.87. The molecule has 2 N–H and O–H groups in total. The van der Waals surface area contributed by atoms with Gasteiger partial charge < -0.3 is 5.32 Å². The fraction of sp³-hybridized carbons (Fsp3) is 0.333. The Kier molecular flexibility index (Phi) is 5.65. The van der Waals surface area contributed by atoms with Crippen LogP contribution in [-0.2, 0) is 10.0 Å². The van der Waals surface area contributed by atoms with Crippen LogP contribution in [0.4, 0.5) is 21.5 Å². The third-order valence-corrected chi connectivity index (χ3v) is 7.11. The SMILES string of the molecule is CCCS(=O)(=O)Nc1ccc(F)c(Nc2ccc3ncn(C4CC4)c(=O)c3c2C)c1Cl. The molecule has 3 aromatic rings. The van der Waals surface area contributed by atoms with Crippen LogP contribution in [0, 0.1) is 12.7 Å². The summed E-state index contributed by atoms with van der Waals surface area (Å²) in [4.78, 5) is 17.3. The summed E-state index contributed by atoms with van der Waals surface area (Å²) >= 11 is 6.34. The maximum atomic E-state index is 14.6. The first-order valence-electron chi connectivity index (χ1n) is 9.98. The minimum absolute atomic E-state index is 0.0759. The lowest BCUT2D eigenvalue weighted by Gasteiger charge is -2.16. The number of hydrogen-bond donors (Lipinski definition) is 2. The molecular formula is C21H22ClFN4O3S. The van der Waals surface area contributed by atoms with Gasteiger partial charge >= 0.3 is 0 Å². The van der Waals surface area contributed by atoms with Crippen LogP contribution in [0.1, 0.15) is 37.8 Å². The number of aryl methyl sites for hydroxylation is 1. The Labute approximate surface area is 184 Å². The van der Waals surface area contributed by atoms with Crippen molar-refractivity contribution in [3.05, 3.63) is 57.3 Å². The van der Waals surface area contributed by atoms with Gasteiger partial charge in [-0.3, -0.25) is 14.1 Å². The first-order chi connectivity index (χ1) is 14.7. The summed E-state index contributed by atoms with van der Waals surface area (Å²) in [5, 5.41) is 3.29.